The molecule has 0 N–H and O–H groups in total. The molecule has 240 valence electrons. The molecule has 0 aromatic heterocycles. The predicted octanol–water partition coefficient (Wildman–Crippen LogP) is 11.1. The molecule has 0 bridgehead atoms. The monoisotopic (exact) mass is 640 g/mol. The van der Waals surface area contributed by atoms with Crippen LogP contribution in [0.5, 0.6) is 0 Å². The van der Waals surface area contributed by atoms with Crippen molar-refractivity contribution in [1.29, 1.82) is 0 Å². The van der Waals surface area contributed by atoms with Gasteiger partial charge in [0.05, 0.1) is 0 Å². The van der Waals surface area contributed by atoms with Gasteiger partial charge in [0.15, 0.2) is 0 Å². The van der Waals surface area contributed by atoms with Crippen molar-refractivity contribution in [3.63, 3.8) is 0 Å². The fourth-order valence-corrected chi connectivity index (χ4v) is 19.8. The van der Waals surface area contributed by atoms with Gasteiger partial charge in [-0.1, -0.05) is 142 Å². The Balaban J connectivity index is 1.89. The Morgan fingerprint density at radius 1 is 0.391 bits per heavy atom. The lowest BCUT2D eigenvalue weighted by Crippen LogP contribution is -2.43. The van der Waals surface area contributed by atoms with Crippen molar-refractivity contribution in [3.8, 4) is 45.2 Å². The van der Waals surface area contributed by atoms with Gasteiger partial charge < -0.3 is 0 Å². The number of aryl methyl sites for hydroxylation is 2. The minimum absolute atomic E-state index is 0.600. The lowest BCUT2D eigenvalue weighted by atomic mass is 9.99. The maximum atomic E-state index is 4.08. The molecule has 3 aromatic carbocycles. The summed E-state index contributed by atoms with van der Waals surface area (Å²) in [5.74, 6) is 7.85. The van der Waals surface area contributed by atoms with Crippen LogP contribution in [0.15, 0.2) is 48.5 Å². The molecule has 0 atom stereocenters. The minimum atomic E-state index is -1.90. The third-order valence-corrected chi connectivity index (χ3v) is 24.3. The second-order valence-electron chi connectivity index (χ2n) is 16.1. The van der Waals surface area contributed by atoms with E-state index in [1.54, 1.807) is 0 Å². The summed E-state index contributed by atoms with van der Waals surface area (Å²) in [6, 6.07) is 18.8. The molecule has 2 aliphatic carbocycles. The van der Waals surface area contributed by atoms with Crippen LogP contribution in [0.25, 0.3) is 33.4 Å². The molecule has 0 radical (unpaired) electrons. The van der Waals surface area contributed by atoms with Crippen molar-refractivity contribution in [3.05, 3.63) is 81.2 Å². The van der Waals surface area contributed by atoms with Crippen LogP contribution in [0.1, 0.15) is 105 Å². The van der Waals surface area contributed by atoms with Gasteiger partial charge in [-0.25, -0.2) is 0 Å². The van der Waals surface area contributed by atoms with E-state index in [1.165, 1.54) is 66.1 Å². The van der Waals surface area contributed by atoms with E-state index < -0.39 is 16.1 Å². The molecule has 0 nitrogen and oxygen atoms in total. The number of hydrogen-bond acceptors (Lipinski definition) is 0. The molecule has 2 aliphatic rings. The van der Waals surface area contributed by atoms with E-state index in [9.17, 15) is 0 Å². The average Bonchev–Trinajstić information content (AvgIpc) is 3.42. The molecular formula is C44H56Si2. The first-order chi connectivity index (χ1) is 21.6. The van der Waals surface area contributed by atoms with E-state index in [0.29, 0.717) is 33.2 Å². The smallest absolute Gasteiger partial charge is 0.125 e. The maximum Gasteiger partial charge on any atom is 0.146 e. The number of benzene rings is 3. The first-order valence-corrected chi connectivity index (χ1v) is 22.3. The van der Waals surface area contributed by atoms with E-state index >= 15 is 0 Å². The summed E-state index contributed by atoms with van der Waals surface area (Å²) in [7, 11) is -3.81. The van der Waals surface area contributed by atoms with Crippen molar-refractivity contribution in [1.82, 2.24) is 0 Å². The molecule has 2 heteroatoms. The Kier molecular flexibility index (Phi) is 9.34. The van der Waals surface area contributed by atoms with E-state index in [2.05, 4.69) is 168 Å². The first-order valence-electron chi connectivity index (χ1n) is 17.8. The van der Waals surface area contributed by atoms with Gasteiger partial charge >= 0.3 is 0 Å². The van der Waals surface area contributed by atoms with Crippen LogP contribution in [0.4, 0.5) is 0 Å². The third kappa shape index (κ3) is 5.31. The number of hydrogen-bond donors (Lipinski definition) is 0. The number of rotatable bonds is 6. The first kappa shape index (κ1) is 34.3. The molecule has 0 heterocycles. The Morgan fingerprint density at radius 2 is 0.696 bits per heavy atom. The Bertz CT molecular complexity index is 1750. The third-order valence-electron chi connectivity index (χ3n) is 11.7. The molecule has 0 spiro atoms. The summed E-state index contributed by atoms with van der Waals surface area (Å²) < 4.78 is 0. The molecule has 0 aliphatic heterocycles. The van der Waals surface area contributed by atoms with Crippen LogP contribution < -0.4 is 10.4 Å². The zero-order valence-corrected chi connectivity index (χ0v) is 33.1. The SMILES string of the molecule is Cc1ccc2c(c1)C(C#C[Si](C(C)C)(C(C)C)C(C)C)=c1cc3c(cc1-2)=C(C#C[Si](C(C)C)(C(C)C)C(C)C)c1cc(C)ccc1-3. The fraction of sp³-hybridized carbons (Fsp3) is 0.455. The molecule has 0 amide bonds. The second-order valence-corrected chi connectivity index (χ2v) is 27.2. The standard InChI is InChI=1S/C44H56Si2/c1-27(2)45(28(3)4,29(5)6)21-19-37-39-23-33(13)15-17-35(39)41-26-44-38(20-22-46(30(7)8,31(9)10)32(11)12)40-24-34(14)16-18-36(40)42(44)25-43(37)41/h15-18,23-32H,1-14H3. The summed E-state index contributed by atoms with van der Waals surface area (Å²) in [6.07, 6.45) is 0. The Hall–Kier alpha value is -3.05. The van der Waals surface area contributed by atoms with Crippen molar-refractivity contribution in [2.45, 2.75) is 130 Å². The summed E-state index contributed by atoms with van der Waals surface area (Å²) >= 11 is 0. The van der Waals surface area contributed by atoms with Crippen LogP contribution in [0.3, 0.4) is 0 Å². The minimum Gasteiger partial charge on any atom is -0.125 e. The highest BCUT2D eigenvalue weighted by molar-refractivity contribution is 6.91. The van der Waals surface area contributed by atoms with Crippen LogP contribution in [-0.2, 0) is 0 Å². The van der Waals surface area contributed by atoms with E-state index in [1.807, 2.05) is 0 Å². The highest BCUT2D eigenvalue weighted by atomic mass is 28.3. The topological polar surface area (TPSA) is 0 Å². The normalized spacial score (nSPS) is 13.7. The molecule has 0 saturated carbocycles. The molecule has 3 aromatic rings. The van der Waals surface area contributed by atoms with Crippen LogP contribution in [0, 0.1) is 36.8 Å². The molecule has 5 rings (SSSR count). The summed E-state index contributed by atoms with van der Waals surface area (Å²) in [4.78, 5) is 0. The lowest BCUT2D eigenvalue weighted by molar-refractivity contribution is 0.838. The van der Waals surface area contributed by atoms with Crippen LogP contribution in [0.2, 0.25) is 33.2 Å². The van der Waals surface area contributed by atoms with Gasteiger partial charge in [-0.05, 0) is 103 Å². The van der Waals surface area contributed by atoms with E-state index in [-0.39, 0.29) is 0 Å². The van der Waals surface area contributed by atoms with Gasteiger partial charge in [-0.15, -0.1) is 11.1 Å². The largest absolute Gasteiger partial charge is 0.146 e. The highest BCUT2D eigenvalue weighted by Gasteiger charge is 2.43. The van der Waals surface area contributed by atoms with E-state index in [0.717, 1.165) is 0 Å². The van der Waals surface area contributed by atoms with Crippen molar-refractivity contribution >= 4 is 27.3 Å². The summed E-state index contributed by atoms with van der Waals surface area (Å²) in [6.45, 7) is 33.3. The van der Waals surface area contributed by atoms with Gasteiger partial charge in [-0.2, -0.15) is 0 Å². The quantitative estimate of drug-likeness (QED) is 0.186. The number of fused-ring (bicyclic) bond motifs is 6. The van der Waals surface area contributed by atoms with Crippen LogP contribution in [-0.4, -0.2) is 16.1 Å². The second kappa shape index (κ2) is 12.5. The summed E-state index contributed by atoms with van der Waals surface area (Å²) in [5.41, 5.74) is 24.6. The lowest BCUT2D eigenvalue weighted by Gasteiger charge is -2.38. The molecule has 0 saturated heterocycles. The van der Waals surface area contributed by atoms with Crippen molar-refractivity contribution < 1.29 is 0 Å². The van der Waals surface area contributed by atoms with Gasteiger partial charge in [0.25, 0.3) is 0 Å². The molecule has 0 unspecified atom stereocenters. The summed E-state index contributed by atoms with van der Waals surface area (Å²) in [5, 5.41) is 2.59. The highest BCUT2D eigenvalue weighted by Crippen LogP contribution is 2.43. The predicted molar refractivity (Wildman–Crippen MR) is 209 cm³/mol. The Labute approximate surface area is 282 Å². The van der Waals surface area contributed by atoms with Gasteiger partial charge in [0, 0.05) is 11.1 Å². The van der Waals surface area contributed by atoms with Gasteiger partial charge in [0.2, 0.25) is 0 Å². The van der Waals surface area contributed by atoms with Crippen molar-refractivity contribution in [2.24, 2.45) is 0 Å². The maximum absolute atomic E-state index is 4.08. The zero-order chi connectivity index (χ0) is 33.9. The molecule has 0 fully saturated rings. The van der Waals surface area contributed by atoms with E-state index in [4.69, 9.17) is 0 Å². The van der Waals surface area contributed by atoms with Gasteiger partial charge in [-0.3, -0.25) is 0 Å². The Morgan fingerprint density at radius 3 is 0.978 bits per heavy atom. The van der Waals surface area contributed by atoms with Gasteiger partial charge in [0.1, 0.15) is 16.1 Å². The molecular weight excluding hydrogens is 585 g/mol. The zero-order valence-electron chi connectivity index (χ0n) is 31.1. The molecule has 46 heavy (non-hydrogen) atoms. The van der Waals surface area contributed by atoms with Crippen molar-refractivity contribution in [2.75, 3.05) is 0 Å². The van der Waals surface area contributed by atoms with Crippen LogP contribution >= 0.6 is 0 Å². The fourth-order valence-electron chi connectivity index (χ4n) is 9.43. The average molecular weight is 641 g/mol.